The molecule has 0 aliphatic rings. The van der Waals surface area contributed by atoms with E-state index in [1.165, 1.54) is 29.5 Å². The lowest BCUT2D eigenvalue weighted by Crippen LogP contribution is -2.07. The Morgan fingerprint density at radius 3 is 2.52 bits per heavy atom. The van der Waals surface area contributed by atoms with Gasteiger partial charge in [0.1, 0.15) is 11.5 Å². The van der Waals surface area contributed by atoms with Crippen LogP contribution in [-0.2, 0) is 6.18 Å². The molecule has 0 bridgehead atoms. The first kappa shape index (κ1) is 15.8. The van der Waals surface area contributed by atoms with Gasteiger partial charge in [0, 0.05) is 0 Å². The van der Waals surface area contributed by atoms with E-state index in [1.54, 1.807) is 23.6 Å². The van der Waals surface area contributed by atoms with E-state index in [9.17, 15) is 17.6 Å². The molecule has 0 aliphatic heterocycles. The second kappa shape index (κ2) is 5.66. The van der Waals surface area contributed by atoms with Crippen LogP contribution in [0.25, 0.3) is 27.3 Å². The molecule has 8 heteroatoms. The van der Waals surface area contributed by atoms with E-state index in [1.807, 2.05) is 0 Å². The highest BCUT2D eigenvalue weighted by Gasteiger charge is 2.35. The quantitative estimate of drug-likeness (QED) is 0.452. The molecule has 3 heterocycles. The van der Waals surface area contributed by atoms with Gasteiger partial charge < -0.3 is 0 Å². The number of rotatable bonds is 2. The minimum absolute atomic E-state index is 0.0386. The maximum Gasteiger partial charge on any atom is 0.417 e. The van der Waals surface area contributed by atoms with E-state index >= 15 is 0 Å². The molecule has 0 N–H and O–H groups in total. The van der Waals surface area contributed by atoms with E-state index < -0.39 is 17.6 Å². The van der Waals surface area contributed by atoms with Gasteiger partial charge in [0.2, 0.25) is 0 Å². The van der Waals surface area contributed by atoms with Crippen molar-refractivity contribution in [1.82, 2.24) is 14.8 Å². The van der Waals surface area contributed by atoms with Crippen LogP contribution in [-0.4, -0.2) is 14.8 Å². The fraction of sp³-hybridized carbons (Fsp3) is 0.0588. The van der Waals surface area contributed by atoms with Crippen molar-refractivity contribution in [2.75, 3.05) is 0 Å². The van der Waals surface area contributed by atoms with Crippen LogP contribution in [0.15, 0.2) is 54.0 Å². The van der Waals surface area contributed by atoms with Crippen LogP contribution < -0.4 is 0 Å². The van der Waals surface area contributed by atoms with Gasteiger partial charge in [-0.15, -0.1) is 11.3 Å². The van der Waals surface area contributed by atoms with Crippen LogP contribution in [0.3, 0.4) is 0 Å². The Balaban J connectivity index is 2.05. The summed E-state index contributed by atoms with van der Waals surface area (Å²) in [5.41, 5.74) is -0.666. The molecule has 0 atom stereocenters. The molecule has 4 aromatic rings. The minimum Gasteiger partial charge on any atom is -0.227 e. The van der Waals surface area contributed by atoms with Crippen LogP contribution >= 0.6 is 11.3 Å². The number of hydrogen-bond acceptors (Lipinski definition) is 3. The van der Waals surface area contributed by atoms with Crippen LogP contribution in [0.5, 0.6) is 0 Å². The molecule has 25 heavy (non-hydrogen) atoms. The fourth-order valence-electron chi connectivity index (χ4n) is 2.59. The standard InChI is InChI=1S/C17H9F4N3S/c18-12-4-1-2-5-14(12)24-16-10(9-22-24)11(17(19,20)21)8-13(23-16)15-6-3-7-25-15/h1-9H. The number of fused-ring (bicyclic) bond motifs is 1. The second-order valence-electron chi connectivity index (χ2n) is 5.28. The molecule has 3 nitrogen and oxygen atoms in total. The Labute approximate surface area is 143 Å². The lowest BCUT2D eigenvalue weighted by molar-refractivity contribution is -0.136. The highest BCUT2D eigenvalue weighted by Crippen LogP contribution is 2.38. The van der Waals surface area contributed by atoms with Crippen molar-refractivity contribution in [2.24, 2.45) is 0 Å². The zero-order valence-electron chi connectivity index (χ0n) is 12.5. The topological polar surface area (TPSA) is 30.7 Å². The number of alkyl halides is 3. The molecule has 0 saturated heterocycles. The van der Waals surface area contributed by atoms with E-state index in [0.29, 0.717) is 4.88 Å². The molecule has 4 rings (SSSR count). The highest BCUT2D eigenvalue weighted by atomic mass is 32.1. The average Bonchev–Trinajstić information content (AvgIpc) is 3.23. The summed E-state index contributed by atoms with van der Waals surface area (Å²) < 4.78 is 55.7. The molecule has 0 radical (unpaired) electrons. The van der Waals surface area contributed by atoms with Gasteiger partial charge in [0.25, 0.3) is 0 Å². The van der Waals surface area contributed by atoms with E-state index in [2.05, 4.69) is 10.1 Å². The number of benzene rings is 1. The predicted molar refractivity (Wildman–Crippen MR) is 87.1 cm³/mol. The Kier molecular flexibility index (Phi) is 3.57. The van der Waals surface area contributed by atoms with Gasteiger partial charge >= 0.3 is 6.18 Å². The Hall–Kier alpha value is -2.74. The van der Waals surface area contributed by atoms with Gasteiger partial charge in [-0.25, -0.2) is 14.1 Å². The summed E-state index contributed by atoms with van der Waals surface area (Å²) in [5, 5.41) is 5.52. The maximum atomic E-state index is 14.1. The molecular formula is C17H9F4N3S. The predicted octanol–water partition coefficient (Wildman–Crippen LogP) is 5.31. The molecule has 0 amide bonds. The normalized spacial score (nSPS) is 12.0. The third-order valence-corrected chi connectivity index (χ3v) is 4.59. The molecule has 0 aliphatic carbocycles. The van der Waals surface area contributed by atoms with Gasteiger partial charge in [-0.2, -0.15) is 18.3 Å². The lowest BCUT2D eigenvalue weighted by Gasteiger charge is -2.11. The molecule has 126 valence electrons. The van der Waals surface area contributed by atoms with E-state index in [-0.39, 0.29) is 22.4 Å². The number of halogens is 4. The molecule has 1 aromatic carbocycles. The van der Waals surface area contributed by atoms with Gasteiger partial charge in [-0.05, 0) is 29.6 Å². The van der Waals surface area contributed by atoms with Crippen LogP contribution in [0.1, 0.15) is 5.56 Å². The van der Waals surface area contributed by atoms with Gasteiger partial charge in [0.05, 0.1) is 27.7 Å². The van der Waals surface area contributed by atoms with Gasteiger partial charge in [0.15, 0.2) is 5.65 Å². The summed E-state index contributed by atoms with van der Waals surface area (Å²) in [6.45, 7) is 0. The Morgan fingerprint density at radius 2 is 1.84 bits per heavy atom. The van der Waals surface area contributed by atoms with Crippen molar-refractivity contribution in [3.8, 4) is 16.3 Å². The van der Waals surface area contributed by atoms with Crippen molar-refractivity contribution < 1.29 is 17.6 Å². The SMILES string of the molecule is Fc1ccccc1-n1ncc2c(C(F)(F)F)cc(-c3cccs3)nc21. The average molecular weight is 363 g/mol. The molecule has 3 aromatic heterocycles. The zero-order chi connectivity index (χ0) is 17.6. The van der Waals surface area contributed by atoms with Crippen LogP contribution in [0.2, 0.25) is 0 Å². The summed E-state index contributed by atoms with van der Waals surface area (Å²) in [5.74, 6) is -0.593. The summed E-state index contributed by atoms with van der Waals surface area (Å²) >= 11 is 1.28. The Bertz CT molecular complexity index is 1050. The van der Waals surface area contributed by atoms with Crippen LogP contribution in [0, 0.1) is 5.82 Å². The fourth-order valence-corrected chi connectivity index (χ4v) is 3.27. The molecule has 0 unspecified atom stereocenters. The second-order valence-corrected chi connectivity index (χ2v) is 6.22. The van der Waals surface area contributed by atoms with Crippen molar-refractivity contribution >= 4 is 22.4 Å². The maximum absolute atomic E-state index is 14.1. The molecular weight excluding hydrogens is 354 g/mol. The molecule has 0 spiro atoms. The zero-order valence-corrected chi connectivity index (χ0v) is 13.3. The number of pyridine rings is 1. The first-order valence-corrected chi connectivity index (χ1v) is 8.08. The van der Waals surface area contributed by atoms with Crippen molar-refractivity contribution in [3.05, 3.63) is 65.4 Å². The van der Waals surface area contributed by atoms with E-state index in [4.69, 9.17) is 0 Å². The van der Waals surface area contributed by atoms with Gasteiger partial charge in [-0.1, -0.05) is 18.2 Å². The van der Waals surface area contributed by atoms with Gasteiger partial charge in [-0.3, -0.25) is 0 Å². The third-order valence-electron chi connectivity index (χ3n) is 3.70. The third kappa shape index (κ3) is 2.68. The molecule has 0 fully saturated rings. The number of para-hydroxylation sites is 1. The number of thiophene rings is 1. The lowest BCUT2D eigenvalue weighted by atomic mass is 10.1. The summed E-state index contributed by atoms with van der Waals surface area (Å²) in [4.78, 5) is 4.90. The van der Waals surface area contributed by atoms with Crippen LogP contribution in [0.4, 0.5) is 17.6 Å². The van der Waals surface area contributed by atoms with E-state index in [0.717, 1.165) is 16.9 Å². The Morgan fingerprint density at radius 1 is 1.04 bits per heavy atom. The van der Waals surface area contributed by atoms with Crippen molar-refractivity contribution in [2.45, 2.75) is 6.18 Å². The summed E-state index contributed by atoms with van der Waals surface area (Å²) in [6, 6.07) is 10.2. The number of hydrogen-bond donors (Lipinski definition) is 0. The van der Waals surface area contributed by atoms with Crippen molar-refractivity contribution in [1.29, 1.82) is 0 Å². The number of nitrogens with zero attached hydrogens (tertiary/aromatic N) is 3. The summed E-state index contributed by atoms with van der Waals surface area (Å²) in [6.07, 6.45) is -3.51. The first-order chi connectivity index (χ1) is 11.9. The minimum atomic E-state index is -4.57. The largest absolute Gasteiger partial charge is 0.417 e. The summed E-state index contributed by atoms with van der Waals surface area (Å²) in [7, 11) is 0. The molecule has 0 saturated carbocycles. The first-order valence-electron chi connectivity index (χ1n) is 7.20. The highest BCUT2D eigenvalue weighted by molar-refractivity contribution is 7.13. The monoisotopic (exact) mass is 363 g/mol. The number of aromatic nitrogens is 3. The van der Waals surface area contributed by atoms with Crippen molar-refractivity contribution in [3.63, 3.8) is 0 Å². The smallest absolute Gasteiger partial charge is 0.227 e.